The number of sulfonamides is 1. The first kappa shape index (κ1) is 20.3. The van der Waals surface area contributed by atoms with Crippen LogP contribution in [0.4, 0.5) is 0 Å². The molecule has 1 fully saturated rings. The second kappa shape index (κ2) is 8.16. The number of fused-ring (bicyclic) bond motifs is 2. The Balaban J connectivity index is 1.23. The van der Waals surface area contributed by atoms with Gasteiger partial charge in [0.1, 0.15) is 6.61 Å². The molecule has 164 valence electrons. The first-order valence-corrected chi connectivity index (χ1v) is 12.3. The molecule has 1 atom stereocenters. The van der Waals surface area contributed by atoms with Gasteiger partial charge in [0.15, 0.2) is 11.5 Å². The highest BCUT2D eigenvalue weighted by atomic mass is 32.2. The zero-order valence-corrected chi connectivity index (χ0v) is 18.1. The number of piperazine rings is 1. The molecule has 0 N–H and O–H groups in total. The van der Waals surface area contributed by atoms with E-state index in [9.17, 15) is 13.2 Å². The predicted molar refractivity (Wildman–Crippen MR) is 115 cm³/mol. The SMILES string of the molecule is O=C(C1COc2ccccc2O1)N1CCN(S(=O)(=O)c2ccc3c(c2)CCCC3)CC1. The Morgan fingerprint density at radius 3 is 2.39 bits per heavy atom. The predicted octanol–water partition coefficient (Wildman–Crippen LogP) is 2.24. The van der Waals surface area contributed by atoms with Gasteiger partial charge in [-0.25, -0.2) is 8.42 Å². The van der Waals surface area contributed by atoms with Gasteiger partial charge in [0.25, 0.3) is 5.91 Å². The third kappa shape index (κ3) is 3.90. The Morgan fingerprint density at radius 1 is 0.903 bits per heavy atom. The number of ether oxygens (including phenoxy) is 2. The van der Waals surface area contributed by atoms with E-state index >= 15 is 0 Å². The molecule has 7 nitrogen and oxygen atoms in total. The van der Waals surface area contributed by atoms with Crippen LogP contribution in [0, 0.1) is 0 Å². The third-order valence-electron chi connectivity index (χ3n) is 6.29. The Bertz CT molecular complexity index is 1090. The fraction of sp³-hybridized carbons (Fsp3) is 0.435. The van der Waals surface area contributed by atoms with Crippen LogP contribution in [0.15, 0.2) is 47.4 Å². The molecule has 0 aromatic heterocycles. The highest BCUT2D eigenvalue weighted by molar-refractivity contribution is 7.89. The van der Waals surface area contributed by atoms with E-state index in [-0.39, 0.29) is 25.6 Å². The summed E-state index contributed by atoms with van der Waals surface area (Å²) in [4.78, 5) is 14.9. The molecule has 3 aliphatic rings. The molecular weight excluding hydrogens is 416 g/mol. The van der Waals surface area contributed by atoms with Crippen LogP contribution < -0.4 is 9.47 Å². The zero-order chi connectivity index (χ0) is 21.4. The van der Waals surface area contributed by atoms with Crippen LogP contribution in [0.3, 0.4) is 0 Å². The van der Waals surface area contributed by atoms with Crippen molar-refractivity contribution in [1.29, 1.82) is 0 Å². The van der Waals surface area contributed by atoms with Gasteiger partial charge in [-0.05, 0) is 61.1 Å². The van der Waals surface area contributed by atoms with Gasteiger partial charge in [-0.3, -0.25) is 4.79 Å². The average Bonchev–Trinajstić information content (AvgIpc) is 2.83. The van der Waals surface area contributed by atoms with Crippen LogP contribution in [-0.4, -0.2) is 62.4 Å². The molecule has 1 saturated heterocycles. The van der Waals surface area contributed by atoms with Gasteiger partial charge in [-0.1, -0.05) is 18.2 Å². The summed E-state index contributed by atoms with van der Waals surface area (Å²) in [6, 6.07) is 12.8. The van der Waals surface area contributed by atoms with E-state index in [0.717, 1.165) is 31.2 Å². The Labute approximate surface area is 182 Å². The van der Waals surface area contributed by atoms with Gasteiger partial charge >= 0.3 is 0 Å². The van der Waals surface area contributed by atoms with E-state index in [0.29, 0.717) is 29.5 Å². The molecule has 1 unspecified atom stereocenters. The summed E-state index contributed by atoms with van der Waals surface area (Å²) in [5.74, 6) is 1.02. The van der Waals surface area contributed by atoms with Crippen molar-refractivity contribution in [2.24, 2.45) is 0 Å². The lowest BCUT2D eigenvalue weighted by atomic mass is 9.92. The van der Waals surface area contributed by atoms with Crippen molar-refractivity contribution in [1.82, 2.24) is 9.21 Å². The van der Waals surface area contributed by atoms with Crippen molar-refractivity contribution in [2.45, 2.75) is 36.7 Å². The number of hydrogen-bond acceptors (Lipinski definition) is 5. The van der Waals surface area contributed by atoms with E-state index in [2.05, 4.69) is 0 Å². The maximum Gasteiger partial charge on any atom is 0.267 e. The van der Waals surface area contributed by atoms with E-state index in [1.165, 1.54) is 9.87 Å². The van der Waals surface area contributed by atoms with Gasteiger partial charge in [-0.2, -0.15) is 4.31 Å². The van der Waals surface area contributed by atoms with Crippen LogP contribution in [0.25, 0.3) is 0 Å². The minimum absolute atomic E-state index is 0.156. The van der Waals surface area contributed by atoms with Crippen LogP contribution in [0.1, 0.15) is 24.0 Å². The Morgan fingerprint density at radius 2 is 1.61 bits per heavy atom. The standard InChI is InChI=1S/C23H26N2O5S/c26-23(22-16-29-20-7-3-4-8-21(20)30-22)24-11-13-25(14-12-24)31(27,28)19-10-9-17-5-1-2-6-18(17)15-19/h3-4,7-10,15,22H,1-2,5-6,11-14,16H2. The number of aryl methyl sites for hydroxylation is 2. The maximum atomic E-state index is 13.2. The molecule has 0 radical (unpaired) electrons. The van der Waals surface area contributed by atoms with E-state index in [1.54, 1.807) is 23.1 Å². The molecule has 2 aliphatic heterocycles. The number of rotatable bonds is 3. The number of amides is 1. The molecule has 2 aromatic carbocycles. The van der Waals surface area contributed by atoms with Crippen LogP contribution in [0.5, 0.6) is 11.5 Å². The summed E-state index contributed by atoms with van der Waals surface area (Å²) in [5, 5.41) is 0. The van der Waals surface area contributed by atoms with Crippen LogP contribution in [0.2, 0.25) is 0 Å². The molecule has 0 spiro atoms. The third-order valence-corrected chi connectivity index (χ3v) is 8.19. The first-order chi connectivity index (χ1) is 15.0. The van der Waals surface area contributed by atoms with Crippen LogP contribution in [-0.2, 0) is 27.7 Å². The number of para-hydroxylation sites is 2. The van der Waals surface area contributed by atoms with E-state index < -0.39 is 16.1 Å². The molecule has 5 rings (SSSR count). The van der Waals surface area contributed by atoms with Gasteiger partial charge < -0.3 is 14.4 Å². The molecule has 31 heavy (non-hydrogen) atoms. The summed E-state index contributed by atoms with van der Waals surface area (Å²) in [5.41, 5.74) is 2.41. The lowest BCUT2D eigenvalue weighted by Gasteiger charge is -2.36. The fourth-order valence-electron chi connectivity index (χ4n) is 4.51. The van der Waals surface area contributed by atoms with Crippen molar-refractivity contribution in [2.75, 3.05) is 32.8 Å². The largest absolute Gasteiger partial charge is 0.485 e. The molecule has 2 heterocycles. The maximum absolute atomic E-state index is 13.2. The second-order valence-electron chi connectivity index (χ2n) is 8.23. The molecule has 2 aromatic rings. The summed E-state index contributed by atoms with van der Waals surface area (Å²) >= 11 is 0. The molecule has 1 aliphatic carbocycles. The lowest BCUT2D eigenvalue weighted by molar-refractivity contribution is -0.142. The molecule has 0 saturated carbocycles. The highest BCUT2D eigenvalue weighted by Crippen LogP contribution is 2.31. The van der Waals surface area contributed by atoms with Gasteiger partial charge in [0.2, 0.25) is 16.1 Å². The van der Waals surface area contributed by atoms with Crippen molar-refractivity contribution in [3.63, 3.8) is 0 Å². The molecule has 0 bridgehead atoms. The topological polar surface area (TPSA) is 76.2 Å². The number of nitrogens with zero attached hydrogens (tertiary/aromatic N) is 2. The van der Waals surface area contributed by atoms with Crippen molar-refractivity contribution >= 4 is 15.9 Å². The summed E-state index contributed by atoms with van der Waals surface area (Å²) in [6.45, 7) is 1.38. The quantitative estimate of drug-likeness (QED) is 0.729. The summed E-state index contributed by atoms with van der Waals surface area (Å²) in [6.07, 6.45) is 3.52. The number of carbonyl (C=O) groups excluding carboxylic acids is 1. The molecular formula is C23H26N2O5S. The second-order valence-corrected chi connectivity index (χ2v) is 10.2. The summed E-state index contributed by atoms with van der Waals surface area (Å²) < 4.78 is 39.3. The highest BCUT2D eigenvalue weighted by Gasteiger charge is 2.35. The number of hydrogen-bond donors (Lipinski definition) is 0. The van der Waals surface area contributed by atoms with E-state index in [4.69, 9.17) is 9.47 Å². The van der Waals surface area contributed by atoms with Gasteiger partial charge in [0, 0.05) is 26.2 Å². The first-order valence-electron chi connectivity index (χ1n) is 10.8. The van der Waals surface area contributed by atoms with Gasteiger partial charge in [0.05, 0.1) is 4.90 Å². The monoisotopic (exact) mass is 442 g/mol. The normalized spacial score (nSPS) is 21.4. The lowest BCUT2D eigenvalue weighted by Crippen LogP contribution is -2.55. The van der Waals surface area contributed by atoms with Crippen molar-refractivity contribution in [3.05, 3.63) is 53.6 Å². The molecule has 8 heteroatoms. The van der Waals surface area contributed by atoms with Crippen LogP contribution >= 0.6 is 0 Å². The van der Waals surface area contributed by atoms with Crippen molar-refractivity contribution in [3.8, 4) is 11.5 Å². The minimum atomic E-state index is -3.57. The zero-order valence-electron chi connectivity index (χ0n) is 17.3. The summed E-state index contributed by atoms with van der Waals surface area (Å²) in [7, 11) is -3.57. The fourth-order valence-corrected chi connectivity index (χ4v) is 5.99. The smallest absolute Gasteiger partial charge is 0.267 e. The van der Waals surface area contributed by atoms with Crippen molar-refractivity contribution < 1.29 is 22.7 Å². The minimum Gasteiger partial charge on any atom is -0.485 e. The Hall–Kier alpha value is -2.58. The van der Waals surface area contributed by atoms with Gasteiger partial charge in [-0.15, -0.1) is 0 Å². The number of benzene rings is 2. The van der Waals surface area contributed by atoms with E-state index in [1.807, 2.05) is 24.3 Å². The number of carbonyl (C=O) groups is 1. The Kier molecular flexibility index (Phi) is 5.35. The molecule has 1 amide bonds. The average molecular weight is 443 g/mol.